The smallest absolute Gasteiger partial charge is 0.207 e. The Labute approximate surface area is 148 Å². The molecule has 126 valence electrons. The van der Waals surface area contributed by atoms with Crippen molar-refractivity contribution in [1.29, 1.82) is 0 Å². The number of carbonyl (C=O) groups is 1. The highest BCUT2D eigenvalue weighted by Crippen LogP contribution is 2.36. The van der Waals surface area contributed by atoms with E-state index in [0.29, 0.717) is 13.1 Å². The fourth-order valence-corrected chi connectivity index (χ4v) is 3.25. The molecular formula is C22H22N2O. The van der Waals surface area contributed by atoms with Crippen LogP contribution in [0.15, 0.2) is 91.0 Å². The van der Waals surface area contributed by atoms with Gasteiger partial charge in [-0.25, -0.2) is 0 Å². The Kier molecular flexibility index (Phi) is 5.60. The van der Waals surface area contributed by atoms with Crippen molar-refractivity contribution in [2.75, 3.05) is 13.1 Å². The first-order valence-electron chi connectivity index (χ1n) is 8.46. The summed E-state index contributed by atoms with van der Waals surface area (Å²) in [5.41, 5.74) is 3.02. The van der Waals surface area contributed by atoms with Crippen molar-refractivity contribution in [3.8, 4) is 0 Å². The van der Waals surface area contributed by atoms with E-state index in [-0.39, 0.29) is 0 Å². The lowest BCUT2D eigenvalue weighted by molar-refractivity contribution is -0.109. The predicted molar refractivity (Wildman–Crippen MR) is 101 cm³/mol. The standard InChI is InChI=1S/C22H22N2O/c25-18-23-16-17-24-22(19-10-4-1-5-11-19,20-12-6-2-7-13-20)21-14-8-3-9-15-21/h1-15,18,24H,16-17H2,(H,23,25). The van der Waals surface area contributed by atoms with Crippen LogP contribution in [-0.4, -0.2) is 19.5 Å². The third-order valence-corrected chi connectivity index (χ3v) is 4.36. The molecule has 3 nitrogen and oxygen atoms in total. The number of benzene rings is 3. The van der Waals surface area contributed by atoms with Crippen molar-refractivity contribution < 1.29 is 4.79 Å². The molecular weight excluding hydrogens is 308 g/mol. The van der Waals surface area contributed by atoms with E-state index >= 15 is 0 Å². The minimum atomic E-state index is -0.478. The molecule has 0 aliphatic heterocycles. The van der Waals surface area contributed by atoms with Crippen molar-refractivity contribution in [2.24, 2.45) is 0 Å². The van der Waals surface area contributed by atoms with Gasteiger partial charge in [0.25, 0.3) is 0 Å². The highest BCUT2D eigenvalue weighted by Gasteiger charge is 2.35. The summed E-state index contributed by atoms with van der Waals surface area (Å²) in [6.45, 7) is 1.22. The summed E-state index contributed by atoms with van der Waals surface area (Å²) in [6.07, 6.45) is 0.733. The van der Waals surface area contributed by atoms with E-state index in [4.69, 9.17) is 0 Å². The van der Waals surface area contributed by atoms with Crippen molar-refractivity contribution >= 4 is 6.41 Å². The van der Waals surface area contributed by atoms with Crippen LogP contribution in [0.4, 0.5) is 0 Å². The third kappa shape index (κ3) is 3.62. The molecule has 0 aliphatic rings. The number of amides is 1. The van der Waals surface area contributed by atoms with Gasteiger partial charge in [-0.1, -0.05) is 91.0 Å². The van der Waals surface area contributed by atoms with Gasteiger partial charge in [-0.3, -0.25) is 10.1 Å². The molecule has 0 saturated heterocycles. The fourth-order valence-electron chi connectivity index (χ4n) is 3.25. The second-order valence-electron chi connectivity index (χ2n) is 5.85. The Bertz CT molecular complexity index is 676. The molecule has 0 spiro atoms. The first kappa shape index (κ1) is 16.9. The summed E-state index contributed by atoms with van der Waals surface area (Å²) in [5, 5.41) is 6.43. The van der Waals surface area contributed by atoms with Gasteiger partial charge in [0.1, 0.15) is 0 Å². The zero-order valence-electron chi connectivity index (χ0n) is 14.1. The third-order valence-electron chi connectivity index (χ3n) is 4.36. The van der Waals surface area contributed by atoms with Gasteiger partial charge in [-0.15, -0.1) is 0 Å². The first-order valence-corrected chi connectivity index (χ1v) is 8.46. The molecule has 1 amide bonds. The molecule has 0 aliphatic carbocycles. The second kappa shape index (κ2) is 8.27. The molecule has 0 aromatic heterocycles. The zero-order valence-corrected chi connectivity index (χ0v) is 14.1. The van der Waals surface area contributed by atoms with E-state index in [9.17, 15) is 4.79 Å². The van der Waals surface area contributed by atoms with Crippen LogP contribution >= 0.6 is 0 Å². The van der Waals surface area contributed by atoms with Crippen molar-refractivity contribution in [3.05, 3.63) is 108 Å². The minimum Gasteiger partial charge on any atom is -0.357 e. The Balaban J connectivity index is 2.15. The van der Waals surface area contributed by atoms with Gasteiger partial charge in [0.2, 0.25) is 6.41 Å². The lowest BCUT2D eigenvalue weighted by atomic mass is 9.77. The SMILES string of the molecule is O=CNCCNC(c1ccccc1)(c1ccccc1)c1ccccc1. The number of rotatable bonds is 8. The Morgan fingerprint density at radius 3 is 1.40 bits per heavy atom. The lowest BCUT2D eigenvalue weighted by Crippen LogP contribution is -2.47. The Hall–Kier alpha value is -2.91. The van der Waals surface area contributed by atoms with Gasteiger partial charge >= 0.3 is 0 Å². The number of hydrogen-bond acceptors (Lipinski definition) is 2. The van der Waals surface area contributed by atoms with E-state index in [1.807, 2.05) is 18.2 Å². The summed E-state index contributed by atoms with van der Waals surface area (Å²) in [5.74, 6) is 0. The second-order valence-corrected chi connectivity index (χ2v) is 5.85. The lowest BCUT2D eigenvalue weighted by Gasteiger charge is -2.37. The predicted octanol–water partition coefficient (Wildman–Crippen LogP) is 3.31. The largest absolute Gasteiger partial charge is 0.357 e. The average molecular weight is 330 g/mol. The molecule has 0 radical (unpaired) electrons. The number of nitrogens with one attached hydrogen (secondary N) is 2. The Morgan fingerprint density at radius 2 is 1.04 bits per heavy atom. The van der Waals surface area contributed by atoms with Crippen LogP contribution in [0, 0.1) is 0 Å². The maximum Gasteiger partial charge on any atom is 0.207 e. The van der Waals surface area contributed by atoms with E-state index in [1.54, 1.807) is 0 Å². The Morgan fingerprint density at radius 1 is 0.640 bits per heavy atom. The molecule has 0 atom stereocenters. The average Bonchev–Trinajstić information content (AvgIpc) is 2.70. The topological polar surface area (TPSA) is 41.1 Å². The molecule has 2 N–H and O–H groups in total. The van der Waals surface area contributed by atoms with Crippen LogP contribution in [0.25, 0.3) is 0 Å². The van der Waals surface area contributed by atoms with Gasteiger partial charge < -0.3 is 5.32 Å². The van der Waals surface area contributed by atoms with E-state index in [1.165, 1.54) is 16.7 Å². The quantitative estimate of drug-likeness (QED) is 0.378. The summed E-state index contributed by atoms with van der Waals surface area (Å²) in [4.78, 5) is 10.6. The fraction of sp³-hybridized carbons (Fsp3) is 0.136. The van der Waals surface area contributed by atoms with Gasteiger partial charge in [-0.2, -0.15) is 0 Å². The summed E-state index contributed by atoms with van der Waals surface area (Å²) in [7, 11) is 0. The highest BCUT2D eigenvalue weighted by molar-refractivity contribution is 5.49. The normalized spacial score (nSPS) is 11.0. The van der Waals surface area contributed by atoms with E-state index < -0.39 is 5.54 Å². The summed E-state index contributed by atoms with van der Waals surface area (Å²) < 4.78 is 0. The number of carbonyl (C=O) groups excluding carboxylic acids is 1. The van der Waals surface area contributed by atoms with Crippen LogP contribution in [0.1, 0.15) is 16.7 Å². The van der Waals surface area contributed by atoms with Gasteiger partial charge in [0.05, 0.1) is 5.54 Å². The summed E-state index contributed by atoms with van der Waals surface area (Å²) >= 11 is 0. The molecule has 3 heteroatoms. The van der Waals surface area contributed by atoms with Gasteiger partial charge in [0, 0.05) is 13.1 Å². The monoisotopic (exact) mass is 330 g/mol. The summed E-state index contributed by atoms with van der Waals surface area (Å²) in [6, 6.07) is 31.3. The molecule has 3 aromatic carbocycles. The molecule has 0 bridgehead atoms. The van der Waals surface area contributed by atoms with Crippen molar-refractivity contribution in [1.82, 2.24) is 10.6 Å². The molecule has 3 rings (SSSR count). The maximum atomic E-state index is 10.6. The molecule has 0 fully saturated rings. The van der Waals surface area contributed by atoms with Crippen LogP contribution in [0.2, 0.25) is 0 Å². The van der Waals surface area contributed by atoms with E-state index in [0.717, 1.165) is 6.41 Å². The maximum absolute atomic E-state index is 10.6. The number of hydrogen-bond donors (Lipinski definition) is 2. The van der Waals surface area contributed by atoms with Gasteiger partial charge in [0.15, 0.2) is 0 Å². The first-order chi connectivity index (χ1) is 12.4. The molecule has 3 aromatic rings. The zero-order chi connectivity index (χ0) is 17.4. The molecule has 0 saturated carbocycles. The highest BCUT2D eigenvalue weighted by atomic mass is 16.1. The molecule has 0 heterocycles. The van der Waals surface area contributed by atoms with E-state index in [2.05, 4.69) is 83.4 Å². The molecule has 0 unspecified atom stereocenters. The van der Waals surface area contributed by atoms with Crippen LogP contribution < -0.4 is 10.6 Å². The van der Waals surface area contributed by atoms with Crippen molar-refractivity contribution in [3.63, 3.8) is 0 Å². The van der Waals surface area contributed by atoms with Crippen LogP contribution in [-0.2, 0) is 10.3 Å². The molecule has 25 heavy (non-hydrogen) atoms. The van der Waals surface area contributed by atoms with Gasteiger partial charge in [-0.05, 0) is 16.7 Å². The van der Waals surface area contributed by atoms with Crippen LogP contribution in [0.3, 0.4) is 0 Å². The van der Waals surface area contributed by atoms with Crippen molar-refractivity contribution in [2.45, 2.75) is 5.54 Å². The minimum absolute atomic E-state index is 0.478. The van der Waals surface area contributed by atoms with Crippen LogP contribution in [0.5, 0.6) is 0 Å².